The SMILES string of the molecule is O=C(c1ccccc1OC(F)F)N1CCN(Cc2nnc(-c3cccs3)o2)CC1. The summed E-state index contributed by atoms with van der Waals surface area (Å²) in [7, 11) is 0. The Balaban J connectivity index is 1.34. The minimum atomic E-state index is -2.98. The normalized spacial score (nSPS) is 15.1. The number of alkyl halides is 2. The highest BCUT2D eigenvalue weighted by atomic mass is 32.1. The number of amides is 1. The Hall–Kier alpha value is -2.85. The molecule has 1 aliphatic heterocycles. The van der Waals surface area contributed by atoms with Gasteiger partial charge in [0.25, 0.3) is 11.8 Å². The molecule has 152 valence electrons. The Labute approximate surface area is 169 Å². The minimum absolute atomic E-state index is 0.109. The lowest BCUT2D eigenvalue weighted by Gasteiger charge is -2.34. The van der Waals surface area contributed by atoms with Crippen LogP contribution >= 0.6 is 11.3 Å². The number of carbonyl (C=O) groups is 1. The first-order chi connectivity index (χ1) is 14.1. The van der Waals surface area contributed by atoms with E-state index in [1.807, 2.05) is 17.5 Å². The van der Waals surface area contributed by atoms with E-state index in [1.54, 1.807) is 17.0 Å². The first-order valence-electron chi connectivity index (χ1n) is 9.02. The van der Waals surface area contributed by atoms with E-state index < -0.39 is 6.61 Å². The fourth-order valence-corrected chi connectivity index (χ4v) is 3.77. The monoisotopic (exact) mass is 420 g/mol. The highest BCUT2D eigenvalue weighted by Gasteiger charge is 2.26. The van der Waals surface area contributed by atoms with Gasteiger partial charge in [-0.25, -0.2) is 0 Å². The smallest absolute Gasteiger partial charge is 0.387 e. The molecule has 3 heterocycles. The van der Waals surface area contributed by atoms with Crippen LogP contribution in [-0.2, 0) is 6.54 Å². The summed E-state index contributed by atoms with van der Waals surface area (Å²) in [6, 6.07) is 9.89. The predicted molar refractivity (Wildman–Crippen MR) is 102 cm³/mol. The summed E-state index contributed by atoms with van der Waals surface area (Å²) in [5.74, 6) is 0.587. The fraction of sp³-hybridized carbons (Fsp3) is 0.316. The number of carbonyl (C=O) groups excluding carboxylic acids is 1. The number of nitrogens with zero attached hydrogens (tertiary/aromatic N) is 4. The molecule has 0 bridgehead atoms. The molecule has 1 aromatic carbocycles. The predicted octanol–water partition coefficient (Wildman–Crippen LogP) is 3.36. The van der Waals surface area contributed by atoms with Crippen molar-refractivity contribution >= 4 is 17.2 Å². The van der Waals surface area contributed by atoms with Crippen molar-refractivity contribution in [1.29, 1.82) is 0 Å². The van der Waals surface area contributed by atoms with Crippen molar-refractivity contribution in [1.82, 2.24) is 20.0 Å². The van der Waals surface area contributed by atoms with Crippen molar-refractivity contribution in [2.75, 3.05) is 26.2 Å². The highest BCUT2D eigenvalue weighted by Crippen LogP contribution is 2.24. The van der Waals surface area contributed by atoms with E-state index in [1.165, 1.54) is 23.5 Å². The number of halogens is 2. The van der Waals surface area contributed by atoms with Crippen LogP contribution in [0.4, 0.5) is 8.78 Å². The van der Waals surface area contributed by atoms with Gasteiger partial charge in [0, 0.05) is 26.2 Å². The van der Waals surface area contributed by atoms with Crippen LogP contribution in [0.1, 0.15) is 16.2 Å². The van der Waals surface area contributed by atoms with E-state index in [0.717, 1.165) is 4.88 Å². The van der Waals surface area contributed by atoms with Crippen molar-refractivity contribution in [3.63, 3.8) is 0 Å². The second-order valence-corrected chi connectivity index (χ2v) is 7.37. The molecule has 0 saturated carbocycles. The fourth-order valence-electron chi connectivity index (χ4n) is 3.13. The number of rotatable bonds is 6. The zero-order chi connectivity index (χ0) is 20.2. The van der Waals surface area contributed by atoms with E-state index in [4.69, 9.17) is 4.42 Å². The van der Waals surface area contributed by atoms with Crippen LogP contribution in [-0.4, -0.2) is 58.7 Å². The van der Waals surface area contributed by atoms with Gasteiger partial charge < -0.3 is 14.1 Å². The molecule has 1 saturated heterocycles. The minimum Gasteiger partial charge on any atom is -0.434 e. The van der Waals surface area contributed by atoms with Gasteiger partial charge in [0.1, 0.15) is 5.75 Å². The van der Waals surface area contributed by atoms with E-state index in [9.17, 15) is 13.6 Å². The van der Waals surface area contributed by atoms with Crippen molar-refractivity contribution in [2.24, 2.45) is 0 Å². The maximum absolute atomic E-state index is 12.7. The van der Waals surface area contributed by atoms with Gasteiger partial charge in [0.05, 0.1) is 17.0 Å². The number of ether oxygens (including phenoxy) is 1. The first-order valence-corrected chi connectivity index (χ1v) is 9.90. The number of para-hydroxylation sites is 1. The quantitative estimate of drug-likeness (QED) is 0.609. The topological polar surface area (TPSA) is 71.7 Å². The van der Waals surface area contributed by atoms with Crippen molar-refractivity contribution in [3.05, 3.63) is 53.2 Å². The Morgan fingerprint density at radius 1 is 1.14 bits per heavy atom. The standard InChI is InChI=1S/C19H18F2N4O3S/c20-19(21)27-14-5-2-1-4-13(14)18(26)25-9-7-24(8-10-25)12-16-22-23-17(28-16)15-6-3-11-29-15/h1-6,11,19H,7-10,12H2. The molecule has 0 spiro atoms. The zero-order valence-electron chi connectivity index (χ0n) is 15.3. The largest absolute Gasteiger partial charge is 0.434 e. The number of benzene rings is 1. The molecule has 4 rings (SSSR count). The Morgan fingerprint density at radius 3 is 2.66 bits per heavy atom. The second-order valence-electron chi connectivity index (χ2n) is 6.42. The van der Waals surface area contributed by atoms with Gasteiger partial charge in [-0.2, -0.15) is 8.78 Å². The lowest BCUT2D eigenvalue weighted by Crippen LogP contribution is -2.48. The number of piperazine rings is 1. The van der Waals surface area contributed by atoms with Crippen molar-refractivity contribution in [2.45, 2.75) is 13.2 Å². The number of hydrogen-bond acceptors (Lipinski definition) is 7. The molecular formula is C19H18F2N4O3S. The summed E-state index contributed by atoms with van der Waals surface area (Å²) in [6.07, 6.45) is 0. The van der Waals surface area contributed by atoms with Gasteiger partial charge in [0.15, 0.2) is 0 Å². The van der Waals surface area contributed by atoms with Crippen LogP contribution in [0.3, 0.4) is 0 Å². The van der Waals surface area contributed by atoms with Crippen LogP contribution in [0.15, 0.2) is 46.2 Å². The van der Waals surface area contributed by atoms with Gasteiger partial charge >= 0.3 is 6.61 Å². The summed E-state index contributed by atoms with van der Waals surface area (Å²) in [5, 5.41) is 10.1. The number of aromatic nitrogens is 2. The van der Waals surface area contributed by atoms with Gasteiger partial charge in [0.2, 0.25) is 5.89 Å². The van der Waals surface area contributed by atoms with Gasteiger partial charge in [-0.1, -0.05) is 18.2 Å². The van der Waals surface area contributed by atoms with Crippen LogP contribution < -0.4 is 4.74 Å². The average molecular weight is 420 g/mol. The first kappa shape index (κ1) is 19.5. The third kappa shape index (κ3) is 4.60. The summed E-state index contributed by atoms with van der Waals surface area (Å²) in [4.78, 5) is 17.4. The molecule has 0 unspecified atom stereocenters. The van der Waals surface area contributed by atoms with E-state index in [0.29, 0.717) is 44.5 Å². The molecule has 0 N–H and O–H groups in total. The van der Waals surface area contributed by atoms with E-state index in [2.05, 4.69) is 19.8 Å². The molecule has 29 heavy (non-hydrogen) atoms. The molecule has 3 aromatic rings. The molecule has 2 aromatic heterocycles. The number of thiophene rings is 1. The van der Waals surface area contributed by atoms with E-state index >= 15 is 0 Å². The molecule has 10 heteroatoms. The molecular weight excluding hydrogens is 402 g/mol. The molecule has 0 aliphatic carbocycles. The summed E-state index contributed by atoms with van der Waals surface area (Å²) in [5.41, 5.74) is 0.138. The Kier molecular flexibility index (Phi) is 5.81. The molecule has 1 aliphatic rings. The second kappa shape index (κ2) is 8.66. The summed E-state index contributed by atoms with van der Waals surface area (Å²) in [6.45, 7) is -0.331. The van der Waals surface area contributed by atoms with Crippen LogP contribution in [0.5, 0.6) is 5.75 Å². The summed E-state index contributed by atoms with van der Waals surface area (Å²) < 4.78 is 35.3. The van der Waals surface area contributed by atoms with Crippen molar-refractivity contribution < 1.29 is 22.7 Å². The highest BCUT2D eigenvalue weighted by molar-refractivity contribution is 7.13. The average Bonchev–Trinajstić information content (AvgIpc) is 3.40. The molecule has 0 atom stereocenters. The van der Waals surface area contributed by atoms with Gasteiger partial charge in [-0.05, 0) is 23.6 Å². The maximum Gasteiger partial charge on any atom is 0.387 e. The third-order valence-corrected chi connectivity index (χ3v) is 5.41. The van der Waals surface area contributed by atoms with Crippen LogP contribution in [0.25, 0.3) is 10.8 Å². The summed E-state index contributed by atoms with van der Waals surface area (Å²) >= 11 is 1.53. The van der Waals surface area contributed by atoms with Crippen LogP contribution in [0.2, 0.25) is 0 Å². The molecule has 7 nitrogen and oxygen atoms in total. The molecule has 0 radical (unpaired) electrons. The Bertz CT molecular complexity index is 956. The molecule has 1 amide bonds. The third-order valence-electron chi connectivity index (χ3n) is 4.55. The molecule has 1 fully saturated rings. The zero-order valence-corrected chi connectivity index (χ0v) is 16.1. The number of hydrogen-bond donors (Lipinski definition) is 0. The van der Waals surface area contributed by atoms with Crippen molar-refractivity contribution in [3.8, 4) is 16.5 Å². The van der Waals surface area contributed by atoms with Crippen LogP contribution in [0, 0.1) is 0 Å². The van der Waals surface area contributed by atoms with Gasteiger partial charge in [-0.3, -0.25) is 9.69 Å². The Morgan fingerprint density at radius 2 is 1.93 bits per heavy atom. The van der Waals surface area contributed by atoms with E-state index in [-0.39, 0.29) is 17.2 Å². The maximum atomic E-state index is 12.7. The van der Waals surface area contributed by atoms with Gasteiger partial charge in [-0.15, -0.1) is 21.5 Å². The lowest BCUT2D eigenvalue weighted by molar-refractivity contribution is -0.0503. The lowest BCUT2D eigenvalue weighted by atomic mass is 10.1.